The van der Waals surface area contributed by atoms with Crippen LogP contribution in [0.5, 0.6) is 11.5 Å². The lowest BCUT2D eigenvalue weighted by molar-refractivity contribution is -0.136. The number of halogens is 2. The number of anilines is 1. The number of carbonyl (C=O) groups excluding carboxylic acids is 2. The van der Waals surface area contributed by atoms with Gasteiger partial charge in [-0.1, -0.05) is 53.5 Å². The summed E-state index contributed by atoms with van der Waals surface area (Å²) < 4.78 is 5.74. The van der Waals surface area contributed by atoms with Gasteiger partial charge in [0.1, 0.15) is 11.5 Å². The lowest BCUT2D eigenvalue weighted by atomic mass is 10.2. The second kappa shape index (κ2) is 9.73. The summed E-state index contributed by atoms with van der Waals surface area (Å²) in [5.74, 6) is -0.562. The first kappa shape index (κ1) is 20.4. The maximum Gasteiger partial charge on any atom is 0.329 e. The minimum Gasteiger partial charge on any atom is -0.457 e. The molecule has 146 valence electrons. The molecule has 0 aliphatic heterocycles. The third-order valence-electron chi connectivity index (χ3n) is 3.60. The van der Waals surface area contributed by atoms with Gasteiger partial charge in [-0.15, -0.1) is 0 Å². The van der Waals surface area contributed by atoms with Crippen LogP contribution in [0.25, 0.3) is 0 Å². The molecule has 6 nitrogen and oxygen atoms in total. The van der Waals surface area contributed by atoms with E-state index in [1.807, 2.05) is 30.3 Å². The molecule has 2 amide bonds. The van der Waals surface area contributed by atoms with Crippen LogP contribution >= 0.6 is 23.2 Å². The maximum atomic E-state index is 12.0. The molecular formula is C21H15Cl2N3O3. The fraction of sp³-hybridized carbons (Fsp3) is 0. The fourth-order valence-electron chi connectivity index (χ4n) is 2.27. The lowest BCUT2D eigenvalue weighted by Gasteiger charge is -2.07. The normalized spacial score (nSPS) is 10.6. The average Bonchev–Trinajstić information content (AvgIpc) is 2.71. The van der Waals surface area contributed by atoms with E-state index in [4.69, 9.17) is 27.9 Å². The van der Waals surface area contributed by atoms with E-state index in [0.717, 1.165) is 0 Å². The predicted octanol–water partition coefficient (Wildman–Crippen LogP) is 4.87. The van der Waals surface area contributed by atoms with Gasteiger partial charge in [0, 0.05) is 5.02 Å². The molecule has 0 atom stereocenters. The summed E-state index contributed by atoms with van der Waals surface area (Å²) >= 11 is 11.8. The van der Waals surface area contributed by atoms with Gasteiger partial charge < -0.3 is 10.1 Å². The van der Waals surface area contributed by atoms with Crippen LogP contribution in [-0.4, -0.2) is 18.0 Å². The number of rotatable bonds is 5. The third kappa shape index (κ3) is 6.07. The zero-order valence-corrected chi connectivity index (χ0v) is 16.4. The molecule has 0 fully saturated rings. The molecule has 0 aliphatic rings. The number of amides is 2. The number of benzene rings is 3. The molecule has 0 saturated heterocycles. The summed E-state index contributed by atoms with van der Waals surface area (Å²) in [7, 11) is 0. The summed E-state index contributed by atoms with van der Waals surface area (Å²) in [6.45, 7) is 0. The van der Waals surface area contributed by atoms with Gasteiger partial charge in [-0.3, -0.25) is 9.59 Å². The van der Waals surface area contributed by atoms with Crippen molar-refractivity contribution < 1.29 is 14.3 Å². The van der Waals surface area contributed by atoms with E-state index in [0.29, 0.717) is 22.1 Å². The van der Waals surface area contributed by atoms with Crippen molar-refractivity contribution in [1.29, 1.82) is 0 Å². The van der Waals surface area contributed by atoms with Crippen LogP contribution < -0.4 is 15.5 Å². The van der Waals surface area contributed by atoms with Gasteiger partial charge in [-0.25, -0.2) is 5.43 Å². The average molecular weight is 428 g/mol. The van der Waals surface area contributed by atoms with E-state index < -0.39 is 11.8 Å². The second-order valence-electron chi connectivity index (χ2n) is 5.77. The molecule has 29 heavy (non-hydrogen) atoms. The molecule has 0 spiro atoms. The van der Waals surface area contributed by atoms with Crippen molar-refractivity contribution >= 4 is 46.9 Å². The van der Waals surface area contributed by atoms with Crippen molar-refractivity contribution in [3.8, 4) is 11.5 Å². The number of ether oxygens (including phenoxy) is 1. The summed E-state index contributed by atoms with van der Waals surface area (Å²) in [6, 6.07) is 21.0. The molecule has 8 heteroatoms. The van der Waals surface area contributed by atoms with E-state index in [-0.39, 0.29) is 10.7 Å². The Kier molecular flexibility index (Phi) is 6.84. The van der Waals surface area contributed by atoms with Gasteiger partial charge in [-0.2, -0.15) is 5.10 Å². The molecule has 2 N–H and O–H groups in total. The monoisotopic (exact) mass is 427 g/mol. The topological polar surface area (TPSA) is 79.8 Å². The number of hydrogen-bond donors (Lipinski definition) is 2. The Balaban J connectivity index is 1.57. The van der Waals surface area contributed by atoms with Crippen LogP contribution in [0.4, 0.5) is 5.69 Å². The highest BCUT2D eigenvalue weighted by Crippen LogP contribution is 2.25. The van der Waals surface area contributed by atoms with Crippen LogP contribution in [0.2, 0.25) is 10.0 Å². The van der Waals surface area contributed by atoms with Crippen molar-refractivity contribution in [1.82, 2.24) is 5.43 Å². The number of hydrogen-bond acceptors (Lipinski definition) is 4. The molecule has 3 aromatic rings. The Bertz CT molecular complexity index is 1060. The van der Waals surface area contributed by atoms with Crippen molar-refractivity contribution in [3.05, 3.63) is 88.4 Å². The molecule has 3 rings (SSSR count). The molecule has 0 unspecified atom stereocenters. The van der Waals surface area contributed by atoms with E-state index in [1.165, 1.54) is 18.3 Å². The largest absolute Gasteiger partial charge is 0.457 e. The first-order valence-electron chi connectivity index (χ1n) is 8.44. The highest BCUT2D eigenvalue weighted by Gasteiger charge is 2.14. The first-order valence-corrected chi connectivity index (χ1v) is 9.19. The first-order chi connectivity index (χ1) is 14.0. The van der Waals surface area contributed by atoms with Crippen molar-refractivity contribution in [3.63, 3.8) is 0 Å². The molecule has 0 aromatic heterocycles. The standard InChI is InChI=1S/C21H15Cl2N3O3/c22-15-9-10-18(23)19(12-15)25-20(27)21(28)26-24-13-14-5-4-8-17(11-14)29-16-6-2-1-3-7-16/h1-13H,(H,25,27)(H,26,28)/b24-13-. The molecule has 0 saturated carbocycles. The van der Waals surface area contributed by atoms with Crippen LogP contribution in [0, 0.1) is 0 Å². The fourth-order valence-corrected chi connectivity index (χ4v) is 2.61. The number of nitrogens with zero attached hydrogens (tertiary/aromatic N) is 1. The van der Waals surface area contributed by atoms with Gasteiger partial charge in [0.05, 0.1) is 16.9 Å². The van der Waals surface area contributed by atoms with Crippen LogP contribution in [-0.2, 0) is 9.59 Å². The van der Waals surface area contributed by atoms with Gasteiger partial charge in [0.25, 0.3) is 0 Å². The Hall–Kier alpha value is -3.35. The highest BCUT2D eigenvalue weighted by atomic mass is 35.5. The van der Waals surface area contributed by atoms with Gasteiger partial charge in [0.2, 0.25) is 0 Å². The van der Waals surface area contributed by atoms with Crippen LogP contribution in [0.3, 0.4) is 0 Å². The Morgan fingerprint density at radius 1 is 0.862 bits per heavy atom. The molecule has 3 aromatic carbocycles. The minimum absolute atomic E-state index is 0.231. The van der Waals surface area contributed by atoms with E-state index in [2.05, 4.69) is 15.8 Å². The maximum absolute atomic E-state index is 12.0. The number of carbonyl (C=O) groups is 2. The summed E-state index contributed by atoms with van der Waals surface area (Å²) in [4.78, 5) is 23.9. The third-order valence-corrected chi connectivity index (χ3v) is 4.16. The zero-order valence-electron chi connectivity index (χ0n) is 14.9. The van der Waals surface area contributed by atoms with Crippen LogP contribution in [0.15, 0.2) is 77.9 Å². The quantitative estimate of drug-likeness (QED) is 0.346. The second-order valence-corrected chi connectivity index (χ2v) is 6.61. The summed E-state index contributed by atoms with van der Waals surface area (Å²) in [6.07, 6.45) is 1.40. The molecule has 0 radical (unpaired) electrons. The van der Waals surface area contributed by atoms with Gasteiger partial charge >= 0.3 is 11.8 Å². The number of nitrogens with one attached hydrogen (secondary N) is 2. The zero-order chi connectivity index (χ0) is 20.6. The predicted molar refractivity (Wildman–Crippen MR) is 114 cm³/mol. The van der Waals surface area contributed by atoms with Crippen LogP contribution in [0.1, 0.15) is 5.56 Å². The Morgan fingerprint density at radius 3 is 2.41 bits per heavy atom. The molecule has 0 aliphatic carbocycles. The Morgan fingerprint density at radius 2 is 1.62 bits per heavy atom. The molecular weight excluding hydrogens is 413 g/mol. The van der Waals surface area contributed by atoms with Crippen molar-refractivity contribution in [2.24, 2.45) is 5.10 Å². The summed E-state index contributed by atoms with van der Waals surface area (Å²) in [5, 5.41) is 6.80. The SMILES string of the molecule is O=C(N/N=C\c1cccc(Oc2ccccc2)c1)C(=O)Nc1cc(Cl)ccc1Cl. The summed E-state index contributed by atoms with van der Waals surface area (Å²) in [5.41, 5.74) is 3.06. The van der Waals surface area contributed by atoms with E-state index >= 15 is 0 Å². The molecule has 0 bridgehead atoms. The number of hydrazone groups is 1. The lowest BCUT2D eigenvalue weighted by Crippen LogP contribution is -2.32. The smallest absolute Gasteiger partial charge is 0.329 e. The highest BCUT2D eigenvalue weighted by molar-refractivity contribution is 6.42. The van der Waals surface area contributed by atoms with E-state index in [1.54, 1.807) is 30.3 Å². The molecule has 0 heterocycles. The van der Waals surface area contributed by atoms with E-state index in [9.17, 15) is 9.59 Å². The number of para-hydroxylation sites is 1. The van der Waals surface area contributed by atoms with Crippen molar-refractivity contribution in [2.75, 3.05) is 5.32 Å². The Labute approximate surface area is 177 Å². The van der Waals surface area contributed by atoms with Gasteiger partial charge in [0.15, 0.2) is 0 Å². The minimum atomic E-state index is -0.950. The van der Waals surface area contributed by atoms with Crippen molar-refractivity contribution in [2.45, 2.75) is 0 Å². The van der Waals surface area contributed by atoms with Gasteiger partial charge in [-0.05, 0) is 48.0 Å².